The number of aliphatic carboxylic acids is 1. The van der Waals surface area contributed by atoms with Gasteiger partial charge in [0.15, 0.2) is 0 Å². The SMILES string of the molecule is CC(C)(/C=C/C(=O)O)Cc1cccs1. The van der Waals surface area contributed by atoms with E-state index >= 15 is 0 Å². The molecule has 0 amide bonds. The Hall–Kier alpha value is -1.09. The van der Waals surface area contributed by atoms with Gasteiger partial charge < -0.3 is 5.11 Å². The van der Waals surface area contributed by atoms with Crippen molar-refractivity contribution < 1.29 is 9.90 Å². The number of carboxylic acid groups (broad SMARTS) is 1. The van der Waals surface area contributed by atoms with Crippen LogP contribution in [0.4, 0.5) is 0 Å². The van der Waals surface area contributed by atoms with E-state index in [2.05, 4.69) is 6.07 Å². The molecule has 0 bridgehead atoms. The molecule has 1 aromatic rings. The molecule has 0 aromatic carbocycles. The normalized spacial score (nSPS) is 12.1. The van der Waals surface area contributed by atoms with Crippen LogP contribution in [0.15, 0.2) is 29.7 Å². The van der Waals surface area contributed by atoms with Crippen LogP contribution < -0.4 is 0 Å². The lowest BCUT2D eigenvalue weighted by molar-refractivity contribution is -0.131. The van der Waals surface area contributed by atoms with Crippen LogP contribution in [0, 0.1) is 5.41 Å². The third-order valence-electron chi connectivity index (χ3n) is 1.89. The summed E-state index contributed by atoms with van der Waals surface area (Å²) in [6.07, 6.45) is 3.84. The van der Waals surface area contributed by atoms with Crippen molar-refractivity contribution in [2.75, 3.05) is 0 Å². The van der Waals surface area contributed by atoms with Crippen LogP contribution in [0.25, 0.3) is 0 Å². The first-order valence-corrected chi connectivity index (χ1v) is 5.32. The Morgan fingerprint density at radius 3 is 2.86 bits per heavy atom. The van der Waals surface area contributed by atoms with Crippen molar-refractivity contribution >= 4 is 17.3 Å². The predicted octanol–water partition coefficient (Wildman–Crippen LogP) is 2.96. The molecule has 0 aliphatic carbocycles. The van der Waals surface area contributed by atoms with E-state index < -0.39 is 5.97 Å². The first-order chi connectivity index (χ1) is 6.49. The van der Waals surface area contributed by atoms with Crippen LogP contribution >= 0.6 is 11.3 Å². The van der Waals surface area contributed by atoms with Gasteiger partial charge in [-0.3, -0.25) is 0 Å². The number of carboxylic acids is 1. The predicted molar refractivity (Wildman–Crippen MR) is 58.6 cm³/mol. The maximum absolute atomic E-state index is 10.4. The Labute approximate surface area is 87.9 Å². The molecule has 0 aliphatic heterocycles. The quantitative estimate of drug-likeness (QED) is 0.776. The minimum atomic E-state index is -0.885. The molecule has 0 radical (unpaired) electrons. The van der Waals surface area contributed by atoms with Gasteiger partial charge >= 0.3 is 5.97 Å². The van der Waals surface area contributed by atoms with E-state index in [0.29, 0.717) is 0 Å². The molecule has 3 heteroatoms. The van der Waals surface area contributed by atoms with Gasteiger partial charge in [-0.1, -0.05) is 26.0 Å². The van der Waals surface area contributed by atoms with E-state index in [1.54, 1.807) is 17.4 Å². The zero-order valence-corrected chi connectivity index (χ0v) is 9.17. The highest BCUT2D eigenvalue weighted by Crippen LogP contribution is 2.25. The van der Waals surface area contributed by atoms with Crippen molar-refractivity contribution in [3.8, 4) is 0 Å². The summed E-state index contributed by atoms with van der Waals surface area (Å²) in [7, 11) is 0. The third kappa shape index (κ3) is 3.75. The Bertz CT molecular complexity index is 323. The molecular formula is C11H14O2S. The smallest absolute Gasteiger partial charge is 0.327 e. The second kappa shape index (κ2) is 4.42. The lowest BCUT2D eigenvalue weighted by Gasteiger charge is -2.18. The van der Waals surface area contributed by atoms with Crippen molar-refractivity contribution in [3.05, 3.63) is 34.5 Å². The minimum absolute atomic E-state index is 0.0940. The van der Waals surface area contributed by atoms with Gasteiger partial charge in [0.1, 0.15) is 0 Å². The monoisotopic (exact) mass is 210 g/mol. The molecule has 1 N–H and O–H groups in total. The van der Waals surface area contributed by atoms with Crippen molar-refractivity contribution in [2.45, 2.75) is 20.3 Å². The molecule has 0 aliphatic rings. The first-order valence-electron chi connectivity index (χ1n) is 4.44. The standard InChI is InChI=1S/C11H14O2S/c1-11(2,6-5-10(12)13)8-9-4-3-7-14-9/h3-7H,8H2,1-2H3,(H,12,13)/b6-5+. The topological polar surface area (TPSA) is 37.3 Å². The number of allylic oxidation sites excluding steroid dienone is 1. The van der Waals surface area contributed by atoms with Crippen molar-refractivity contribution in [2.24, 2.45) is 5.41 Å². The molecule has 1 aromatic heterocycles. The zero-order chi connectivity index (χ0) is 10.6. The molecule has 0 saturated heterocycles. The lowest BCUT2D eigenvalue weighted by atomic mass is 9.88. The van der Waals surface area contributed by atoms with Crippen molar-refractivity contribution in [3.63, 3.8) is 0 Å². The Morgan fingerprint density at radius 2 is 2.36 bits per heavy atom. The molecular weight excluding hydrogens is 196 g/mol. The number of hydrogen-bond donors (Lipinski definition) is 1. The average Bonchev–Trinajstić information content (AvgIpc) is 2.53. The maximum Gasteiger partial charge on any atom is 0.327 e. The molecule has 0 spiro atoms. The van der Waals surface area contributed by atoms with Gasteiger partial charge in [0.2, 0.25) is 0 Å². The Kier molecular flexibility index (Phi) is 3.47. The van der Waals surface area contributed by atoms with Crippen LogP contribution in [0.2, 0.25) is 0 Å². The van der Waals surface area contributed by atoms with Crippen molar-refractivity contribution in [1.29, 1.82) is 0 Å². The summed E-state index contributed by atoms with van der Waals surface area (Å²) in [5.41, 5.74) is -0.0940. The second-order valence-electron chi connectivity index (χ2n) is 3.92. The molecule has 14 heavy (non-hydrogen) atoms. The summed E-state index contributed by atoms with van der Waals surface area (Å²) >= 11 is 1.70. The molecule has 1 heterocycles. The summed E-state index contributed by atoms with van der Waals surface area (Å²) in [4.78, 5) is 11.6. The van der Waals surface area contributed by atoms with Crippen LogP contribution in [-0.2, 0) is 11.2 Å². The van der Waals surface area contributed by atoms with Gasteiger partial charge in [0, 0.05) is 11.0 Å². The number of hydrogen-bond acceptors (Lipinski definition) is 2. The summed E-state index contributed by atoms with van der Waals surface area (Å²) in [5.74, 6) is -0.885. The van der Waals surface area contributed by atoms with Crippen molar-refractivity contribution in [1.82, 2.24) is 0 Å². The molecule has 0 atom stereocenters. The van der Waals surface area contributed by atoms with E-state index in [1.807, 2.05) is 25.3 Å². The zero-order valence-electron chi connectivity index (χ0n) is 8.36. The lowest BCUT2D eigenvalue weighted by Crippen LogP contribution is -2.11. The van der Waals surface area contributed by atoms with E-state index in [9.17, 15) is 4.79 Å². The molecule has 2 nitrogen and oxygen atoms in total. The van der Waals surface area contributed by atoms with E-state index in [1.165, 1.54) is 11.0 Å². The summed E-state index contributed by atoms with van der Waals surface area (Å²) in [6, 6.07) is 4.08. The molecule has 0 unspecified atom stereocenters. The largest absolute Gasteiger partial charge is 0.478 e. The molecule has 76 valence electrons. The van der Waals surface area contributed by atoms with Crippen LogP contribution in [-0.4, -0.2) is 11.1 Å². The highest BCUT2D eigenvalue weighted by Gasteiger charge is 2.15. The Morgan fingerprint density at radius 1 is 1.64 bits per heavy atom. The van der Waals surface area contributed by atoms with E-state index in [-0.39, 0.29) is 5.41 Å². The highest BCUT2D eigenvalue weighted by molar-refractivity contribution is 7.09. The minimum Gasteiger partial charge on any atom is -0.478 e. The van der Waals surface area contributed by atoms with E-state index in [4.69, 9.17) is 5.11 Å². The third-order valence-corrected chi connectivity index (χ3v) is 2.76. The number of rotatable bonds is 4. The van der Waals surface area contributed by atoms with Gasteiger partial charge in [-0.2, -0.15) is 0 Å². The summed E-state index contributed by atoms with van der Waals surface area (Å²) in [5, 5.41) is 10.6. The fourth-order valence-corrected chi connectivity index (χ4v) is 2.16. The Balaban J connectivity index is 2.62. The molecule has 0 fully saturated rings. The number of thiophene rings is 1. The van der Waals surface area contributed by atoms with Gasteiger partial charge in [0.25, 0.3) is 0 Å². The van der Waals surface area contributed by atoms with E-state index in [0.717, 1.165) is 6.42 Å². The summed E-state index contributed by atoms with van der Waals surface area (Å²) < 4.78 is 0. The van der Waals surface area contributed by atoms with Crippen LogP contribution in [0.1, 0.15) is 18.7 Å². The average molecular weight is 210 g/mol. The van der Waals surface area contributed by atoms with Gasteiger partial charge in [-0.25, -0.2) is 4.79 Å². The first kappa shape index (κ1) is 11.0. The van der Waals surface area contributed by atoms with Gasteiger partial charge in [-0.05, 0) is 23.3 Å². The fraction of sp³-hybridized carbons (Fsp3) is 0.364. The second-order valence-corrected chi connectivity index (χ2v) is 4.95. The summed E-state index contributed by atoms with van der Waals surface area (Å²) in [6.45, 7) is 4.07. The van der Waals surface area contributed by atoms with Gasteiger partial charge in [-0.15, -0.1) is 11.3 Å². The molecule has 0 saturated carbocycles. The maximum atomic E-state index is 10.4. The van der Waals surface area contributed by atoms with Gasteiger partial charge in [0.05, 0.1) is 0 Å². The highest BCUT2D eigenvalue weighted by atomic mass is 32.1. The fourth-order valence-electron chi connectivity index (χ4n) is 1.22. The van der Waals surface area contributed by atoms with Crippen LogP contribution in [0.3, 0.4) is 0 Å². The number of carbonyl (C=O) groups is 1. The van der Waals surface area contributed by atoms with Crippen LogP contribution in [0.5, 0.6) is 0 Å². The molecule has 1 rings (SSSR count).